The lowest BCUT2D eigenvalue weighted by Crippen LogP contribution is -1.94. The summed E-state index contributed by atoms with van der Waals surface area (Å²) in [5.74, 6) is -0.0588. The number of hydrogen-bond donors (Lipinski definition) is 1. The van der Waals surface area contributed by atoms with Crippen molar-refractivity contribution in [3.05, 3.63) is 24.0 Å². The van der Waals surface area contributed by atoms with Crippen molar-refractivity contribution in [1.29, 1.82) is 0 Å². The number of rotatable bonds is 4. The summed E-state index contributed by atoms with van der Waals surface area (Å²) >= 11 is 0. The zero-order valence-electron chi connectivity index (χ0n) is 7.05. The van der Waals surface area contributed by atoms with Crippen molar-refractivity contribution < 1.29 is 9.90 Å². The van der Waals surface area contributed by atoms with E-state index in [4.69, 9.17) is 5.11 Å². The average molecular weight is 154 g/mol. The fraction of sp³-hybridized carbons (Fsp3) is 0.444. The van der Waals surface area contributed by atoms with Gasteiger partial charge < -0.3 is 5.11 Å². The van der Waals surface area contributed by atoms with Crippen LogP contribution in [-0.2, 0) is 4.79 Å². The van der Waals surface area contributed by atoms with Crippen LogP contribution in [-0.4, -0.2) is 10.9 Å². The van der Waals surface area contributed by atoms with E-state index >= 15 is 0 Å². The number of aliphatic hydroxyl groups excluding tert-OH is 1. The van der Waals surface area contributed by atoms with Crippen molar-refractivity contribution in [3.63, 3.8) is 0 Å². The van der Waals surface area contributed by atoms with Gasteiger partial charge in [-0.25, -0.2) is 0 Å². The molecule has 0 aromatic heterocycles. The molecule has 0 bridgehead atoms. The molecule has 0 heterocycles. The molecule has 0 saturated heterocycles. The Morgan fingerprint density at radius 3 is 2.55 bits per heavy atom. The van der Waals surface area contributed by atoms with Gasteiger partial charge in [0.05, 0.1) is 0 Å². The van der Waals surface area contributed by atoms with Crippen molar-refractivity contribution in [2.75, 3.05) is 0 Å². The monoisotopic (exact) mass is 154 g/mol. The summed E-state index contributed by atoms with van der Waals surface area (Å²) < 4.78 is 0. The van der Waals surface area contributed by atoms with E-state index in [1.54, 1.807) is 6.92 Å². The average Bonchev–Trinajstić information content (AvgIpc) is 1.87. The van der Waals surface area contributed by atoms with Gasteiger partial charge in [0.25, 0.3) is 0 Å². The zero-order valence-corrected chi connectivity index (χ0v) is 7.05. The first-order valence-corrected chi connectivity index (χ1v) is 3.67. The molecule has 11 heavy (non-hydrogen) atoms. The maximum absolute atomic E-state index is 10.9. The van der Waals surface area contributed by atoms with Gasteiger partial charge in [-0.1, -0.05) is 13.5 Å². The smallest absolute Gasteiger partial charge is 0.159 e. The highest BCUT2D eigenvalue weighted by Crippen LogP contribution is 2.03. The molecule has 1 N–H and O–H groups in total. The third-order valence-electron chi connectivity index (χ3n) is 1.23. The summed E-state index contributed by atoms with van der Waals surface area (Å²) in [5, 5.41) is 9.06. The molecule has 2 nitrogen and oxygen atoms in total. The standard InChI is InChI=1S/C9H14O2/c1-4-5-8(10)6-9(11)7(2)3/h6,11H,2,4-5H2,1,3H3/b9-6-. The van der Waals surface area contributed by atoms with Crippen LogP contribution in [0.3, 0.4) is 0 Å². The maximum Gasteiger partial charge on any atom is 0.159 e. The topological polar surface area (TPSA) is 37.3 Å². The predicted octanol–water partition coefficient (Wildman–Crippen LogP) is 2.37. The van der Waals surface area contributed by atoms with Gasteiger partial charge in [-0.2, -0.15) is 0 Å². The van der Waals surface area contributed by atoms with E-state index < -0.39 is 0 Å². The zero-order chi connectivity index (χ0) is 8.85. The molecule has 0 aliphatic carbocycles. The Morgan fingerprint density at radius 1 is 1.64 bits per heavy atom. The van der Waals surface area contributed by atoms with E-state index in [9.17, 15) is 4.79 Å². The highest BCUT2D eigenvalue weighted by Gasteiger charge is 1.98. The lowest BCUT2D eigenvalue weighted by Gasteiger charge is -1.95. The van der Waals surface area contributed by atoms with E-state index in [2.05, 4.69) is 6.58 Å². The molecular formula is C9H14O2. The Labute approximate surface area is 67.2 Å². The van der Waals surface area contributed by atoms with Crippen LogP contribution in [0.5, 0.6) is 0 Å². The highest BCUT2D eigenvalue weighted by molar-refractivity contribution is 5.90. The minimum Gasteiger partial charge on any atom is -0.508 e. The van der Waals surface area contributed by atoms with Crippen molar-refractivity contribution in [2.24, 2.45) is 0 Å². The van der Waals surface area contributed by atoms with Gasteiger partial charge in [0, 0.05) is 12.5 Å². The van der Waals surface area contributed by atoms with E-state index in [0.29, 0.717) is 12.0 Å². The van der Waals surface area contributed by atoms with Gasteiger partial charge >= 0.3 is 0 Å². The third kappa shape index (κ3) is 4.37. The SMILES string of the molecule is C=C(C)/C(O)=C/C(=O)CCC. The molecule has 0 unspecified atom stereocenters. The second-order valence-corrected chi connectivity index (χ2v) is 2.53. The largest absolute Gasteiger partial charge is 0.508 e. The number of allylic oxidation sites excluding steroid dienone is 2. The van der Waals surface area contributed by atoms with Crippen molar-refractivity contribution in [3.8, 4) is 0 Å². The van der Waals surface area contributed by atoms with Crippen LogP contribution in [0.15, 0.2) is 24.0 Å². The van der Waals surface area contributed by atoms with E-state index in [0.717, 1.165) is 6.42 Å². The van der Waals surface area contributed by atoms with Crippen molar-refractivity contribution in [1.82, 2.24) is 0 Å². The number of aliphatic hydroxyl groups is 1. The molecule has 0 aliphatic rings. The lowest BCUT2D eigenvalue weighted by molar-refractivity contribution is -0.114. The summed E-state index contributed by atoms with van der Waals surface area (Å²) in [4.78, 5) is 10.9. The van der Waals surface area contributed by atoms with Gasteiger partial charge in [0.15, 0.2) is 5.78 Å². The quantitative estimate of drug-likeness (QED) is 0.383. The van der Waals surface area contributed by atoms with Crippen molar-refractivity contribution in [2.45, 2.75) is 26.7 Å². The van der Waals surface area contributed by atoms with E-state index in [-0.39, 0.29) is 11.5 Å². The Balaban J connectivity index is 4.08. The lowest BCUT2D eigenvalue weighted by atomic mass is 10.2. The Kier molecular flexibility index (Phi) is 4.27. The second kappa shape index (κ2) is 4.72. The van der Waals surface area contributed by atoms with E-state index in [1.165, 1.54) is 6.08 Å². The first kappa shape index (κ1) is 9.95. The van der Waals surface area contributed by atoms with Crippen LogP contribution >= 0.6 is 0 Å². The van der Waals surface area contributed by atoms with Gasteiger partial charge in [-0.3, -0.25) is 4.79 Å². The van der Waals surface area contributed by atoms with Crippen LogP contribution < -0.4 is 0 Å². The second-order valence-electron chi connectivity index (χ2n) is 2.53. The molecule has 62 valence electrons. The summed E-state index contributed by atoms with van der Waals surface area (Å²) in [6.07, 6.45) is 2.52. The molecule has 0 aromatic rings. The molecule has 0 aromatic carbocycles. The highest BCUT2D eigenvalue weighted by atomic mass is 16.3. The van der Waals surface area contributed by atoms with Gasteiger partial charge in [-0.15, -0.1) is 0 Å². The molecule has 2 heteroatoms. The van der Waals surface area contributed by atoms with Crippen molar-refractivity contribution >= 4 is 5.78 Å². The Morgan fingerprint density at radius 2 is 2.18 bits per heavy atom. The molecule has 0 fully saturated rings. The minimum atomic E-state index is -0.0481. The molecule has 0 saturated carbocycles. The molecule has 0 rings (SSSR count). The molecule has 0 radical (unpaired) electrons. The molecule has 0 amide bonds. The summed E-state index contributed by atoms with van der Waals surface area (Å²) in [7, 11) is 0. The number of carbonyl (C=O) groups is 1. The van der Waals surface area contributed by atoms with Gasteiger partial charge in [0.2, 0.25) is 0 Å². The third-order valence-corrected chi connectivity index (χ3v) is 1.23. The normalized spacial score (nSPS) is 11.3. The van der Waals surface area contributed by atoms with E-state index in [1.807, 2.05) is 6.92 Å². The van der Waals surface area contributed by atoms with Crippen LogP contribution in [0.4, 0.5) is 0 Å². The Hall–Kier alpha value is -1.05. The molecule has 0 spiro atoms. The van der Waals surface area contributed by atoms with Gasteiger partial charge in [-0.05, 0) is 18.9 Å². The number of ketones is 1. The van der Waals surface area contributed by atoms with Crippen LogP contribution in [0.1, 0.15) is 26.7 Å². The van der Waals surface area contributed by atoms with Crippen LogP contribution in [0, 0.1) is 0 Å². The molecule has 0 atom stereocenters. The fourth-order valence-electron chi connectivity index (χ4n) is 0.594. The molecule has 0 aliphatic heterocycles. The first-order valence-electron chi connectivity index (χ1n) is 3.67. The summed E-state index contributed by atoms with van der Waals surface area (Å²) in [5.41, 5.74) is 0.523. The molecular weight excluding hydrogens is 140 g/mol. The summed E-state index contributed by atoms with van der Waals surface area (Å²) in [6.45, 7) is 7.08. The fourth-order valence-corrected chi connectivity index (χ4v) is 0.594. The maximum atomic E-state index is 10.9. The Bertz CT molecular complexity index is 190. The van der Waals surface area contributed by atoms with Crippen LogP contribution in [0.25, 0.3) is 0 Å². The summed E-state index contributed by atoms with van der Waals surface area (Å²) in [6, 6.07) is 0. The minimum absolute atomic E-state index is 0.0107. The number of carbonyl (C=O) groups excluding carboxylic acids is 1. The predicted molar refractivity (Wildman–Crippen MR) is 45.4 cm³/mol. The number of hydrogen-bond acceptors (Lipinski definition) is 2. The van der Waals surface area contributed by atoms with Gasteiger partial charge in [0.1, 0.15) is 5.76 Å². The van der Waals surface area contributed by atoms with Crippen LogP contribution in [0.2, 0.25) is 0 Å². The first-order chi connectivity index (χ1) is 5.07.